The molecule has 0 fully saturated rings. The molecule has 1 heterocycles. The number of fused-ring (bicyclic) bond motifs is 1. The highest BCUT2D eigenvalue weighted by atomic mass is 31.2. The van der Waals surface area contributed by atoms with Crippen molar-refractivity contribution >= 4 is 24.2 Å². The van der Waals surface area contributed by atoms with Crippen molar-refractivity contribution in [3.8, 4) is 0 Å². The summed E-state index contributed by atoms with van der Waals surface area (Å²) < 4.78 is 25.8. The van der Waals surface area contributed by atoms with Crippen molar-refractivity contribution in [2.75, 3.05) is 6.61 Å². The highest BCUT2D eigenvalue weighted by Gasteiger charge is 2.41. The van der Waals surface area contributed by atoms with E-state index in [9.17, 15) is 4.57 Å². The largest absolute Gasteiger partial charge is 0.420 e. The van der Waals surface area contributed by atoms with Crippen LogP contribution in [-0.4, -0.2) is 6.61 Å². The van der Waals surface area contributed by atoms with Crippen molar-refractivity contribution < 1.29 is 13.6 Å². The lowest BCUT2D eigenvalue weighted by atomic mass is 9.92. The SMILES string of the molecule is CCOP1(=O)OC(c2ccccc2)=C(c2ccccc2)c2cc(C)cc(C)c21. The lowest BCUT2D eigenvalue weighted by Crippen LogP contribution is -2.23. The highest BCUT2D eigenvalue weighted by molar-refractivity contribution is 7.63. The summed E-state index contributed by atoms with van der Waals surface area (Å²) in [4.78, 5) is 0. The first-order valence-electron chi connectivity index (χ1n) is 9.45. The maximum Gasteiger partial charge on any atom is 0.411 e. The van der Waals surface area contributed by atoms with Crippen molar-refractivity contribution in [2.24, 2.45) is 0 Å². The van der Waals surface area contributed by atoms with Crippen LogP contribution < -0.4 is 5.30 Å². The Morgan fingerprint density at radius 2 is 1.50 bits per heavy atom. The third kappa shape index (κ3) is 3.22. The molecule has 0 bridgehead atoms. The maximum absolute atomic E-state index is 13.9. The Labute approximate surface area is 166 Å². The second kappa shape index (κ2) is 7.43. The van der Waals surface area contributed by atoms with Gasteiger partial charge < -0.3 is 4.52 Å². The minimum absolute atomic E-state index is 0.312. The van der Waals surface area contributed by atoms with Gasteiger partial charge in [0.05, 0.1) is 11.9 Å². The van der Waals surface area contributed by atoms with Crippen molar-refractivity contribution in [2.45, 2.75) is 20.8 Å². The van der Waals surface area contributed by atoms with E-state index in [1.54, 1.807) is 0 Å². The molecular formula is C24H23O3P. The average molecular weight is 390 g/mol. The zero-order valence-electron chi connectivity index (χ0n) is 16.3. The van der Waals surface area contributed by atoms with E-state index in [1.807, 2.05) is 68.4 Å². The standard InChI is InChI=1S/C24H23O3P/c1-4-26-28(25)24-18(3)15-17(2)16-21(24)22(19-11-7-5-8-12-19)23(27-28)20-13-9-6-10-14-20/h5-16H,4H2,1-3H3. The van der Waals surface area contributed by atoms with Gasteiger partial charge in [-0.3, -0.25) is 4.52 Å². The molecule has 3 aromatic rings. The molecule has 0 saturated carbocycles. The molecule has 28 heavy (non-hydrogen) atoms. The van der Waals surface area contributed by atoms with Crippen molar-refractivity contribution in [3.63, 3.8) is 0 Å². The molecule has 3 nitrogen and oxygen atoms in total. The summed E-state index contributed by atoms with van der Waals surface area (Å²) in [5.74, 6) is 0.598. The number of hydrogen-bond acceptors (Lipinski definition) is 3. The van der Waals surface area contributed by atoms with Gasteiger partial charge in [-0.05, 0) is 31.9 Å². The second-order valence-electron chi connectivity index (χ2n) is 6.92. The van der Waals surface area contributed by atoms with Gasteiger partial charge in [0.25, 0.3) is 0 Å². The predicted octanol–water partition coefficient (Wildman–Crippen LogP) is 6.11. The molecule has 0 N–H and O–H groups in total. The third-order valence-corrected chi connectivity index (χ3v) is 6.99. The van der Waals surface area contributed by atoms with Gasteiger partial charge in [0.2, 0.25) is 0 Å². The van der Waals surface area contributed by atoms with E-state index in [4.69, 9.17) is 9.05 Å². The Morgan fingerprint density at radius 1 is 0.893 bits per heavy atom. The molecule has 0 radical (unpaired) electrons. The van der Waals surface area contributed by atoms with Gasteiger partial charge in [0.15, 0.2) is 0 Å². The summed E-state index contributed by atoms with van der Waals surface area (Å²) in [5, 5.41) is 0.665. The predicted molar refractivity (Wildman–Crippen MR) is 115 cm³/mol. The molecule has 1 aliphatic rings. The fourth-order valence-electron chi connectivity index (χ4n) is 3.79. The molecule has 4 rings (SSSR count). The first-order valence-corrected chi connectivity index (χ1v) is 11.0. The van der Waals surface area contributed by atoms with Gasteiger partial charge in [-0.25, -0.2) is 4.57 Å². The molecule has 0 spiro atoms. The monoisotopic (exact) mass is 390 g/mol. The van der Waals surface area contributed by atoms with E-state index < -0.39 is 7.60 Å². The molecule has 1 aliphatic heterocycles. The number of aryl methyl sites for hydroxylation is 2. The van der Waals surface area contributed by atoms with Crippen LogP contribution in [0.15, 0.2) is 72.8 Å². The van der Waals surface area contributed by atoms with Gasteiger partial charge in [-0.15, -0.1) is 0 Å². The Morgan fingerprint density at radius 3 is 2.11 bits per heavy atom. The van der Waals surface area contributed by atoms with E-state index in [-0.39, 0.29) is 0 Å². The van der Waals surface area contributed by atoms with E-state index in [2.05, 4.69) is 25.1 Å². The fraction of sp³-hybridized carbons (Fsp3) is 0.167. The number of hydrogen-bond donors (Lipinski definition) is 0. The molecule has 1 atom stereocenters. The van der Waals surface area contributed by atoms with E-state index in [0.717, 1.165) is 33.4 Å². The summed E-state index contributed by atoms with van der Waals surface area (Å²) in [6.45, 7) is 6.17. The van der Waals surface area contributed by atoms with Crippen LogP contribution >= 0.6 is 7.60 Å². The van der Waals surface area contributed by atoms with Crippen LogP contribution in [-0.2, 0) is 13.6 Å². The molecule has 142 valence electrons. The Balaban J connectivity index is 2.11. The van der Waals surface area contributed by atoms with Crippen LogP contribution in [0.4, 0.5) is 0 Å². The maximum atomic E-state index is 13.9. The van der Waals surface area contributed by atoms with Crippen LogP contribution in [0, 0.1) is 13.8 Å². The van der Waals surface area contributed by atoms with E-state index in [1.165, 1.54) is 0 Å². The minimum atomic E-state index is -3.50. The molecular weight excluding hydrogens is 367 g/mol. The van der Waals surface area contributed by atoms with Gasteiger partial charge in [0, 0.05) is 16.7 Å². The van der Waals surface area contributed by atoms with Crippen LogP contribution in [0.25, 0.3) is 11.3 Å². The zero-order valence-corrected chi connectivity index (χ0v) is 17.2. The summed E-state index contributed by atoms with van der Waals surface area (Å²) >= 11 is 0. The van der Waals surface area contributed by atoms with Crippen molar-refractivity contribution in [3.05, 3.63) is 101 Å². The van der Waals surface area contributed by atoms with Gasteiger partial charge >= 0.3 is 7.60 Å². The molecule has 0 aromatic heterocycles. The first kappa shape index (κ1) is 18.7. The molecule has 1 unspecified atom stereocenters. The third-order valence-electron chi connectivity index (χ3n) is 4.82. The zero-order chi connectivity index (χ0) is 19.7. The summed E-state index contributed by atoms with van der Waals surface area (Å²) in [6.07, 6.45) is 0. The van der Waals surface area contributed by atoms with Crippen LogP contribution in [0.3, 0.4) is 0 Å². The quantitative estimate of drug-likeness (QED) is 0.505. The number of benzene rings is 3. The highest BCUT2D eigenvalue weighted by Crippen LogP contribution is 2.58. The fourth-order valence-corrected chi connectivity index (χ4v) is 5.80. The topological polar surface area (TPSA) is 35.5 Å². The summed E-state index contributed by atoms with van der Waals surface area (Å²) in [6, 6.07) is 24.0. The molecule has 0 saturated heterocycles. The van der Waals surface area contributed by atoms with Gasteiger partial charge in [0.1, 0.15) is 5.76 Å². The van der Waals surface area contributed by atoms with E-state index in [0.29, 0.717) is 17.7 Å². The lowest BCUT2D eigenvalue weighted by Gasteiger charge is -2.31. The Kier molecular flexibility index (Phi) is 4.97. The molecule has 0 aliphatic carbocycles. The molecule has 3 aromatic carbocycles. The van der Waals surface area contributed by atoms with Crippen LogP contribution in [0.2, 0.25) is 0 Å². The summed E-state index contributed by atoms with van der Waals surface area (Å²) in [7, 11) is -3.50. The van der Waals surface area contributed by atoms with Crippen LogP contribution in [0.1, 0.15) is 34.7 Å². The van der Waals surface area contributed by atoms with Gasteiger partial charge in [-0.2, -0.15) is 0 Å². The first-order chi connectivity index (χ1) is 13.5. The summed E-state index contributed by atoms with van der Waals surface area (Å²) in [5.41, 5.74) is 5.81. The lowest BCUT2D eigenvalue weighted by molar-refractivity contribution is 0.279. The second-order valence-corrected chi connectivity index (χ2v) is 8.80. The smallest absolute Gasteiger partial charge is 0.411 e. The Hall–Kier alpha value is -2.61. The van der Waals surface area contributed by atoms with Crippen LogP contribution in [0.5, 0.6) is 0 Å². The number of rotatable bonds is 4. The van der Waals surface area contributed by atoms with Crippen molar-refractivity contribution in [1.29, 1.82) is 0 Å². The van der Waals surface area contributed by atoms with Gasteiger partial charge in [-0.1, -0.05) is 78.4 Å². The van der Waals surface area contributed by atoms with E-state index >= 15 is 0 Å². The molecule has 4 heteroatoms. The van der Waals surface area contributed by atoms with Crippen molar-refractivity contribution in [1.82, 2.24) is 0 Å². The molecule has 0 amide bonds. The average Bonchev–Trinajstić information content (AvgIpc) is 2.68. The Bertz CT molecular complexity index is 1090. The minimum Gasteiger partial charge on any atom is -0.420 e. The normalized spacial score (nSPS) is 18.5.